The number of rotatable bonds is 3. The average Bonchev–Trinajstić information content (AvgIpc) is 2.39. The quantitative estimate of drug-likeness (QED) is 0.625. The molecule has 64 valence electrons. The molecule has 0 aliphatic carbocycles. The first-order chi connectivity index (χ1) is 5.20. The lowest BCUT2D eigenvalue weighted by Gasteiger charge is -2.17. The zero-order valence-corrected chi connectivity index (χ0v) is 7.05. The van der Waals surface area contributed by atoms with Crippen molar-refractivity contribution in [3.05, 3.63) is 0 Å². The van der Waals surface area contributed by atoms with E-state index in [9.17, 15) is 4.79 Å². The maximum absolute atomic E-state index is 10.8. The molecule has 0 amide bonds. The van der Waals surface area contributed by atoms with Gasteiger partial charge < -0.3 is 10.6 Å². The van der Waals surface area contributed by atoms with Crippen LogP contribution in [0.5, 0.6) is 0 Å². The van der Waals surface area contributed by atoms with Crippen LogP contribution < -0.4 is 5.73 Å². The van der Waals surface area contributed by atoms with E-state index in [4.69, 9.17) is 5.73 Å². The Balaban J connectivity index is 2.23. The standard InChI is InChI=1S/C8H16N2O/c1-7(11)8(9)6-10-4-2-3-5-10/h8H,2-6,9H2,1H3. The van der Waals surface area contributed by atoms with Crippen molar-refractivity contribution in [3.63, 3.8) is 0 Å². The third-order valence-corrected chi connectivity index (χ3v) is 2.18. The van der Waals surface area contributed by atoms with Gasteiger partial charge in [-0.1, -0.05) is 0 Å². The molecule has 1 fully saturated rings. The number of Topliss-reactive ketones (excluding diaryl/α,β-unsaturated/α-hetero) is 1. The van der Waals surface area contributed by atoms with Gasteiger partial charge in [-0.2, -0.15) is 0 Å². The third-order valence-electron chi connectivity index (χ3n) is 2.18. The smallest absolute Gasteiger partial charge is 0.147 e. The number of hydrogen-bond acceptors (Lipinski definition) is 3. The van der Waals surface area contributed by atoms with E-state index in [-0.39, 0.29) is 11.8 Å². The van der Waals surface area contributed by atoms with Crippen molar-refractivity contribution in [2.45, 2.75) is 25.8 Å². The summed E-state index contributed by atoms with van der Waals surface area (Å²) in [5, 5.41) is 0. The molecule has 0 aromatic heterocycles. The Labute approximate surface area is 67.5 Å². The number of nitrogens with two attached hydrogens (primary N) is 1. The van der Waals surface area contributed by atoms with Crippen molar-refractivity contribution in [1.29, 1.82) is 0 Å². The highest BCUT2D eigenvalue weighted by Crippen LogP contribution is 2.06. The maximum atomic E-state index is 10.8. The molecule has 1 aliphatic heterocycles. The van der Waals surface area contributed by atoms with E-state index in [1.165, 1.54) is 12.8 Å². The highest BCUT2D eigenvalue weighted by molar-refractivity contribution is 5.81. The molecule has 0 saturated carbocycles. The fourth-order valence-electron chi connectivity index (χ4n) is 1.37. The monoisotopic (exact) mass is 156 g/mol. The number of likely N-dealkylation sites (tertiary alicyclic amines) is 1. The van der Waals surface area contributed by atoms with Gasteiger partial charge in [0.1, 0.15) is 5.78 Å². The minimum atomic E-state index is -0.270. The van der Waals surface area contributed by atoms with Gasteiger partial charge in [0.2, 0.25) is 0 Å². The molecule has 1 unspecified atom stereocenters. The molecule has 1 rings (SSSR count). The second-order valence-electron chi connectivity index (χ2n) is 3.22. The Bertz CT molecular complexity index is 141. The van der Waals surface area contributed by atoms with Gasteiger partial charge in [0.05, 0.1) is 6.04 Å². The third kappa shape index (κ3) is 2.60. The van der Waals surface area contributed by atoms with Gasteiger partial charge in [-0.15, -0.1) is 0 Å². The Morgan fingerprint density at radius 1 is 1.55 bits per heavy atom. The first-order valence-electron chi connectivity index (χ1n) is 4.18. The molecule has 2 N–H and O–H groups in total. The second kappa shape index (κ2) is 3.83. The van der Waals surface area contributed by atoms with Gasteiger partial charge in [-0.25, -0.2) is 0 Å². The fraction of sp³-hybridized carbons (Fsp3) is 0.875. The summed E-state index contributed by atoms with van der Waals surface area (Å²) >= 11 is 0. The molecule has 0 bridgehead atoms. The lowest BCUT2D eigenvalue weighted by molar-refractivity contribution is -0.118. The summed E-state index contributed by atoms with van der Waals surface area (Å²) in [4.78, 5) is 13.0. The Morgan fingerprint density at radius 3 is 2.55 bits per heavy atom. The first kappa shape index (κ1) is 8.68. The van der Waals surface area contributed by atoms with Crippen molar-refractivity contribution < 1.29 is 4.79 Å². The van der Waals surface area contributed by atoms with E-state index < -0.39 is 0 Å². The largest absolute Gasteiger partial charge is 0.320 e. The van der Waals surface area contributed by atoms with Gasteiger partial charge in [-0.05, 0) is 32.9 Å². The summed E-state index contributed by atoms with van der Waals surface area (Å²) in [7, 11) is 0. The molecule has 3 nitrogen and oxygen atoms in total. The van der Waals surface area contributed by atoms with E-state index in [2.05, 4.69) is 4.90 Å². The molecule has 0 aromatic carbocycles. The first-order valence-corrected chi connectivity index (χ1v) is 4.18. The van der Waals surface area contributed by atoms with Crippen LogP contribution in [-0.2, 0) is 4.79 Å². The maximum Gasteiger partial charge on any atom is 0.147 e. The normalized spacial score (nSPS) is 22.0. The molecule has 0 aromatic rings. The number of carbonyl (C=O) groups excluding carboxylic acids is 1. The van der Waals surface area contributed by atoms with Crippen LogP contribution in [0, 0.1) is 0 Å². The molecule has 0 radical (unpaired) electrons. The summed E-state index contributed by atoms with van der Waals surface area (Å²) < 4.78 is 0. The zero-order chi connectivity index (χ0) is 8.27. The molecule has 0 spiro atoms. The van der Waals surface area contributed by atoms with Crippen LogP contribution in [0.1, 0.15) is 19.8 Å². The molecular formula is C8H16N2O. The lowest BCUT2D eigenvalue weighted by atomic mass is 10.2. The van der Waals surface area contributed by atoms with Crippen LogP contribution in [0.4, 0.5) is 0 Å². The molecule has 1 atom stereocenters. The van der Waals surface area contributed by atoms with E-state index in [0.29, 0.717) is 0 Å². The highest BCUT2D eigenvalue weighted by atomic mass is 16.1. The van der Waals surface area contributed by atoms with Gasteiger partial charge in [-0.3, -0.25) is 4.79 Å². The molecule has 3 heteroatoms. The number of carbonyl (C=O) groups is 1. The van der Waals surface area contributed by atoms with Crippen molar-refractivity contribution >= 4 is 5.78 Å². The van der Waals surface area contributed by atoms with Crippen LogP contribution in [0.3, 0.4) is 0 Å². The predicted octanol–water partition coefficient (Wildman–Crippen LogP) is -0.00150. The fourth-order valence-corrected chi connectivity index (χ4v) is 1.37. The molecule has 11 heavy (non-hydrogen) atoms. The van der Waals surface area contributed by atoms with Crippen molar-refractivity contribution in [1.82, 2.24) is 4.90 Å². The van der Waals surface area contributed by atoms with Crippen LogP contribution in [0.15, 0.2) is 0 Å². The van der Waals surface area contributed by atoms with Crippen molar-refractivity contribution in [3.8, 4) is 0 Å². The Hall–Kier alpha value is -0.410. The van der Waals surface area contributed by atoms with Crippen LogP contribution >= 0.6 is 0 Å². The molecule has 1 heterocycles. The molecule has 1 saturated heterocycles. The highest BCUT2D eigenvalue weighted by Gasteiger charge is 2.16. The number of ketones is 1. The summed E-state index contributed by atoms with van der Waals surface area (Å²) in [5.74, 6) is 0.0944. The van der Waals surface area contributed by atoms with E-state index in [0.717, 1.165) is 19.6 Å². The zero-order valence-electron chi connectivity index (χ0n) is 7.05. The van der Waals surface area contributed by atoms with E-state index >= 15 is 0 Å². The van der Waals surface area contributed by atoms with Crippen molar-refractivity contribution in [2.75, 3.05) is 19.6 Å². The van der Waals surface area contributed by atoms with Gasteiger partial charge >= 0.3 is 0 Å². The second-order valence-corrected chi connectivity index (χ2v) is 3.22. The lowest BCUT2D eigenvalue weighted by Crippen LogP contribution is -2.40. The summed E-state index contributed by atoms with van der Waals surface area (Å²) in [6.45, 7) is 4.53. The van der Waals surface area contributed by atoms with Crippen LogP contribution in [0.2, 0.25) is 0 Å². The average molecular weight is 156 g/mol. The van der Waals surface area contributed by atoms with Crippen molar-refractivity contribution in [2.24, 2.45) is 5.73 Å². The SMILES string of the molecule is CC(=O)C(N)CN1CCCC1. The minimum Gasteiger partial charge on any atom is -0.320 e. The summed E-state index contributed by atoms with van der Waals surface area (Å²) in [5.41, 5.74) is 5.61. The topological polar surface area (TPSA) is 46.3 Å². The summed E-state index contributed by atoms with van der Waals surface area (Å²) in [6.07, 6.45) is 2.51. The Morgan fingerprint density at radius 2 is 2.09 bits per heavy atom. The van der Waals surface area contributed by atoms with E-state index in [1.807, 2.05) is 0 Å². The minimum absolute atomic E-state index is 0.0944. The van der Waals surface area contributed by atoms with Crippen LogP contribution in [-0.4, -0.2) is 36.4 Å². The predicted molar refractivity (Wildman–Crippen MR) is 44.3 cm³/mol. The van der Waals surface area contributed by atoms with Crippen LogP contribution in [0.25, 0.3) is 0 Å². The van der Waals surface area contributed by atoms with Gasteiger partial charge in [0.15, 0.2) is 0 Å². The molecule has 1 aliphatic rings. The Kier molecular flexibility index (Phi) is 3.02. The van der Waals surface area contributed by atoms with E-state index in [1.54, 1.807) is 6.92 Å². The summed E-state index contributed by atoms with van der Waals surface area (Å²) in [6, 6.07) is -0.270. The number of nitrogens with zero attached hydrogens (tertiary/aromatic N) is 1. The number of hydrogen-bond donors (Lipinski definition) is 1. The van der Waals surface area contributed by atoms with Gasteiger partial charge in [0.25, 0.3) is 0 Å². The van der Waals surface area contributed by atoms with Gasteiger partial charge in [0, 0.05) is 6.54 Å². The molecular weight excluding hydrogens is 140 g/mol.